The summed E-state index contributed by atoms with van der Waals surface area (Å²) in [6.45, 7) is 3.42. The number of amides is 1. The van der Waals surface area contributed by atoms with Crippen LogP contribution >= 0.6 is 0 Å². The molecule has 1 amide bonds. The van der Waals surface area contributed by atoms with Gasteiger partial charge in [-0.05, 0) is 56.2 Å². The van der Waals surface area contributed by atoms with E-state index >= 15 is 0 Å². The highest BCUT2D eigenvalue weighted by atomic mass is 32.2. The first-order valence-corrected chi connectivity index (χ1v) is 10.6. The summed E-state index contributed by atoms with van der Waals surface area (Å²) >= 11 is 0. The topological polar surface area (TPSA) is 84.9 Å². The van der Waals surface area contributed by atoms with Gasteiger partial charge in [0.15, 0.2) is 11.5 Å². The molecule has 0 aliphatic carbocycles. The van der Waals surface area contributed by atoms with E-state index in [0.29, 0.717) is 42.4 Å². The molecule has 8 heteroatoms. The smallest absolute Gasteiger partial charge is 0.255 e. The Morgan fingerprint density at radius 2 is 1.86 bits per heavy atom. The van der Waals surface area contributed by atoms with Crippen LogP contribution in [0.25, 0.3) is 0 Å². The maximum Gasteiger partial charge on any atom is 0.255 e. The van der Waals surface area contributed by atoms with E-state index in [2.05, 4.69) is 5.32 Å². The van der Waals surface area contributed by atoms with Gasteiger partial charge < -0.3 is 14.8 Å². The van der Waals surface area contributed by atoms with Crippen molar-refractivity contribution < 1.29 is 22.7 Å². The fraction of sp³-hybridized carbons (Fsp3) is 0.350. The number of benzene rings is 2. The Kier molecular flexibility index (Phi) is 6.21. The van der Waals surface area contributed by atoms with Gasteiger partial charge in [0.25, 0.3) is 5.91 Å². The third-order valence-corrected chi connectivity index (χ3v) is 6.42. The number of nitrogens with one attached hydrogen (secondary N) is 1. The minimum absolute atomic E-state index is 0.177. The molecule has 28 heavy (non-hydrogen) atoms. The first kappa shape index (κ1) is 20.2. The van der Waals surface area contributed by atoms with Crippen LogP contribution in [-0.2, 0) is 10.0 Å². The van der Waals surface area contributed by atoms with Crippen molar-refractivity contribution in [1.82, 2.24) is 4.31 Å². The standard InChI is InChI=1S/C20H24N2O5S/c1-3-27-18-10-9-15(13-19(18)26-2)20(23)21-16-7-6-8-17(14-16)28(24,25)22-11-4-5-12-22/h6-10,13-14H,3-5,11-12H2,1-2H3,(H,21,23). The second-order valence-electron chi connectivity index (χ2n) is 6.39. The van der Waals surface area contributed by atoms with E-state index in [-0.39, 0.29) is 10.8 Å². The molecule has 0 aromatic heterocycles. The lowest BCUT2D eigenvalue weighted by Crippen LogP contribution is -2.27. The molecule has 0 spiro atoms. The van der Waals surface area contributed by atoms with Crippen LogP contribution in [0.3, 0.4) is 0 Å². The van der Waals surface area contributed by atoms with Crippen molar-refractivity contribution in [3.63, 3.8) is 0 Å². The van der Waals surface area contributed by atoms with Gasteiger partial charge in [-0.3, -0.25) is 4.79 Å². The van der Waals surface area contributed by atoms with Gasteiger partial charge in [-0.15, -0.1) is 0 Å². The van der Waals surface area contributed by atoms with Crippen molar-refractivity contribution in [2.24, 2.45) is 0 Å². The van der Waals surface area contributed by atoms with Crippen LogP contribution in [0, 0.1) is 0 Å². The Labute approximate surface area is 165 Å². The van der Waals surface area contributed by atoms with E-state index in [1.54, 1.807) is 36.4 Å². The van der Waals surface area contributed by atoms with Gasteiger partial charge in [-0.25, -0.2) is 8.42 Å². The Bertz CT molecular complexity index is 953. The summed E-state index contributed by atoms with van der Waals surface area (Å²) in [6, 6.07) is 11.2. The quantitative estimate of drug-likeness (QED) is 0.766. The first-order chi connectivity index (χ1) is 13.5. The lowest BCUT2D eigenvalue weighted by atomic mass is 10.2. The van der Waals surface area contributed by atoms with Crippen LogP contribution in [0.1, 0.15) is 30.1 Å². The molecule has 1 N–H and O–H groups in total. The molecule has 1 heterocycles. The van der Waals surface area contributed by atoms with Crippen LogP contribution in [0.15, 0.2) is 47.4 Å². The Balaban J connectivity index is 1.79. The average Bonchev–Trinajstić information content (AvgIpc) is 3.24. The predicted molar refractivity (Wildman–Crippen MR) is 107 cm³/mol. The zero-order chi connectivity index (χ0) is 20.1. The number of hydrogen-bond acceptors (Lipinski definition) is 5. The van der Waals surface area contributed by atoms with Gasteiger partial charge in [0.1, 0.15) is 0 Å². The summed E-state index contributed by atoms with van der Waals surface area (Å²) in [5.41, 5.74) is 0.797. The maximum absolute atomic E-state index is 12.7. The van der Waals surface area contributed by atoms with Gasteiger partial charge in [0, 0.05) is 24.3 Å². The molecule has 1 aliphatic heterocycles. The Hall–Kier alpha value is -2.58. The zero-order valence-corrected chi connectivity index (χ0v) is 16.8. The van der Waals surface area contributed by atoms with Crippen molar-refractivity contribution >= 4 is 21.6 Å². The number of sulfonamides is 1. The molecule has 1 fully saturated rings. The fourth-order valence-electron chi connectivity index (χ4n) is 3.10. The third kappa shape index (κ3) is 4.28. The van der Waals surface area contributed by atoms with Crippen LogP contribution in [0.5, 0.6) is 11.5 Å². The number of carbonyl (C=O) groups is 1. The van der Waals surface area contributed by atoms with E-state index in [1.165, 1.54) is 17.5 Å². The highest BCUT2D eigenvalue weighted by Crippen LogP contribution is 2.29. The second kappa shape index (κ2) is 8.62. The molecule has 2 aromatic carbocycles. The zero-order valence-electron chi connectivity index (χ0n) is 16.0. The average molecular weight is 404 g/mol. The van der Waals surface area contributed by atoms with Gasteiger partial charge in [-0.2, -0.15) is 4.31 Å². The molecule has 3 rings (SSSR count). The highest BCUT2D eigenvalue weighted by molar-refractivity contribution is 7.89. The molecule has 7 nitrogen and oxygen atoms in total. The van der Waals surface area contributed by atoms with Crippen molar-refractivity contribution in [2.45, 2.75) is 24.7 Å². The van der Waals surface area contributed by atoms with Crippen LogP contribution in [0.4, 0.5) is 5.69 Å². The number of ether oxygens (including phenoxy) is 2. The minimum atomic E-state index is -3.54. The lowest BCUT2D eigenvalue weighted by molar-refractivity contribution is 0.102. The van der Waals surface area contributed by atoms with E-state index in [4.69, 9.17) is 9.47 Å². The van der Waals surface area contributed by atoms with E-state index in [9.17, 15) is 13.2 Å². The van der Waals surface area contributed by atoms with E-state index in [1.807, 2.05) is 6.92 Å². The number of rotatable bonds is 7. The van der Waals surface area contributed by atoms with Crippen LogP contribution in [-0.4, -0.2) is 45.4 Å². The molecule has 2 aromatic rings. The third-order valence-electron chi connectivity index (χ3n) is 4.52. The lowest BCUT2D eigenvalue weighted by Gasteiger charge is -2.16. The predicted octanol–water partition coefficient (Wildman–Crippen LogP) is 3.13. The molecular weight excluding hydrogens is 380 g/mol. The van der Waals surface area contributed by atoms with Crippen molar-refractivity contribution in [2.75, 3.05) is 32.1 Å². The van der Waals surface area contributed by atoms with Gasteiger partial charge in [-0.1, -0.05) is 6.07 Å². The summed E-state index contributed by atoms with van der Waals surface area (Å²) < 4.78 is 37.6. The van der Waals surface area contributed by atoms with Crippen LogP contribution < -0.4 is 14.8 Å². The molecule has 150 valence electrons. The van der Waals surface area contributed by atoms with E-state index in [0.717, 1.165) is 12.8 Å². The fourth-order valence-corrected chi connectivity index (χ4v) is 4.66. The summed E-state index contributed by atoms with van der Waals surface area (Å²) in [6.07, 6.45) is 1.74. The molecule has 0 atom stereocenters. The summed E-state index contributed by atoms with van der Waals surface area (Å²) in [5.74, 6) is 0.650. The number of anilines is 1. The SMILES string of the molecule is CCOc1ccc(C(=O)Nc2cccc(S(=O)(=O)N3CCCC3)c2)cc1OC. The van der Waals surface area contributed by atoms with Crippen molar-refractivity contribution in [3.05, 3.63) is 48.0 Å². The monoisotopic (exact) mass is 404 g/mol. The van der Waals surface area contributed by atoms with Crippen molar-refractivity contribution in [3.8, 4) is 11.5 Å². The van der Waals surface area contributed by atoms with Gasteiger partial charge in [0.05, 0.1) is 18.6 Å². The molecule has 1 aliphatic rings. The summed E-state index contributed by atoms with van der Waals surface area (Å²) in [5, 5.41) is 2.75. The minimum Gasteiger partial charge on any atom is -0.493 e. The Morgan fingerprint density at radius 3 is 2.54 bits per heavy atom. The second-order valence-corrected chi connectivity index (χ2v) is 8.33. The van der Waals surface area contributed by atoms with E-state index < -0.39 is 10.0 Å². The first-order valence-electron chi connectivity index (χ1n) is 9.18. The number of hydrogen-bond donors (Lipinski definition) is 1. The van der Waals surface area contributed by atoms with Crippen molar-refractivity contribution in [1.29, 1.82) is 0 Å². The Morgan fingerprint density at radius 1 is 1.11 bits per heavy atom. The molecular formula is C20H24N2O5S. The number of carbonyl (C=O) groups excluding carboxylic acids is 1. The largest absolute Gasteiger partial charge is 0.493 e. The van der Waals surface area contributed by atoms with Gasteiger partial charge in [0.2, 0.25) is 10.0 Å². The normalized spacial score (nSPS) is 14.6. The highest BCUT2D eigenvalue weighted by Gasteiger charge is 2.27. The molecule has 0 radical (unpaired) electrons. The molecule has 0 unspecified atom stereocenters. The molecule has 0 bridgehead atoms. The number of methoxy groups -OCH3 is 1. The van der Waals surface area contributed by atoms with Crippen LogP contribution in [0.2, 0.25) is 0 Å². The van der Waals surface area contributed by atoms with Gasteiger partial charge >= 0.3 is 0 Å². The maximum atomic E-state index is 12.7. The molecule has 0 saturated carbocycles. The molecule has 1 saturated heterocycles. The number of nitrogens with zero attached hydrogens (tertiary/aromatic N) is 1. The summed E-state index contributed by atoms with van der Waals surface area (Å²) in [4.78, 5) is 12.8. The summed E-state index contributed by atoms with van der Waals surface area (Å²) in [7, 11) is -2.03.